The molecule has 0 bridgehead atoms. The number of aliphatic hydroxyl groups is 1. The largest absolute Gasteiger partial charge is 0.497 e. The number of rotatable bonds is 9. The zero-order valence-corrected chi connectivity index (χ0v) is 19.7. The minimum absolute atomic E-state index is 0.152. The van der Waals surface area contributed by atoms with Gasteiger partial charge in [0.25, 0.3) is 5.79 Å². The lowest BCUT2D eigenvalue weighted by molar-refractivity contribution is -0.270. The van der Waals surface area contributed by atoms with Gasteiger partial charge in [-0.2, -0.15) is 0 Å². The van der Waals surface area contributed by atoms with E-state index in [9.17, 15) is 9.90 Å². The third-order valence-corrected chi connectivity index (χ3v) is 6.16. The maximum absolute atomic E-state index is 13.3. The van der Waals surface area contributed by atoms with E-state index in [1.807, 2.05) is 30.3 Å². The van der Waals surface area contributed by atoms with Crippen molar-refractivity contribution in [2.45, 2.75) is 24.2 Å². The van der Waals surface area contributed by atoms with E-state index in [-0.39, 0.29) is 18.6 Å². The molecule has 178 valence electrons. The van der Waals surface area contributed by atoms with Crippen LogP contribution in [0.3, 0.4) is 0 Å². The predicted molar refractivity (Wildman–Crippen MR) is 126 cm³/mol. The highest BCUT2D eigenvalue weighted by atomic mass is 16.7. The number of carbonyl (C=O) groups is 1. The fraction of sp³-hybridized carbons (Fsp3) is 0.296. The van der Waals surface area contributed by atoms with Gasteiger partial charge in [-0.15, -0.1) is 0 Å². The Bertz CT molecular complexity index is 1160. The van der Waals surface area contributed by atoms with Gasteiger partial charge in [0.05, 0.1) is 26.9 Å². The molecule has 7 nitrogen and oxygen atoms in total. The number of ether oxygens (including phenoxy) is 5. The zero-order valence-electron chi connectivity index (χ0n) is 19.7. The van der Waals surface area contributed by atoms with Gasteiger partial charge >= 0.3 is 0 Å². The first-order valence-corrected chi connectivity index (χ1v) is 10.8. The van der Waals surface area contributed by atoms with Crippen molar-refractivity contribution in [1.82, 2.24) is 0 Å². The molecular formula is C27H28O7. The summed E-state index contributed by atoms with van der Waals surface area (Å²) in [7, 11) is 6.02. The lowest BCUT2D eigenvalue weighted by Gasteiger charge is -2.39. The zero-order chi connectivity index (χ0) is 24.3. The van der Waals surface area contributed by atoms with Crippen molar-refractivity contribution in [1.29, 1.82) is 0 Å². The highest BCUT2D eigenvalue weighted by Crippen LogP contribution is 2.59. The van der Waals surface area contributed by atoms with Crippen molar-refractivity contribution >= 4 is 5.78 Å². The van der Waals surface area contributed by atoms with Crippen molar-refractivity contribution in [3.8, 4) is 23.0 Å². The van der Waals surface area contributed by atoms with Crippen LogP contribution < -0.4 is 18.9 Å². The van der Waals surface area contributed by atoms with Gasteiger partial charge in [-0.05, 0) is 29.8 Å². The Balaban J connectivity index is 1.86. The van der Waals surface area contributed by atoms with E-state index in [0.29, 0.717) is 34.1 Å². The molecule has 0 aromatic heterocycles. The second-order valence-corrected chi connectivity index (χ2v) is 8.09. The first kappa shape index (κ1) is 23.6. The average Bonchev–Trinajstić information content (AvgIpc) is 3.12. The van der Waals surface area contributed by atoms with Gasteiger partial charge in [0, 0.05) is 37.6 Å². The molecule has 0 spiro atoms. The Morgan fingerprint density at radius 1 is 0.882 bits per heavy atom. The van der Waals surface area contributed by atoms with Crippen LogP contribution in [0.1, 0.15) is 23.1 Å². The smallest absolute Gasteiger partial charge is 0.271 e. The molecule has 1 aliphatic rings. The third kappa shape index (κ3) is 3.87. The first-order chi connectivity index (χ1) is 16.4. The van der Waals surface area contributed by atoms with Gasteiger partial charge in [0.2, 0.25) is 0 Å². The van der Waals surface area contributed by atoms with Crippen LogP contribution in [0.15, 0.2) is 66.7 Å². The standard InChI is InChI=1S/C27H28O7/c1-30-21-12-10-19(11-13-21)27(33-4)26(29,17-20(28)14-18-8-6-5-7-9-18)25-23(32-3)15-22(31-2)16-24(25)34-27/h5-13,15-16,29H,14,17H2,1-4H3. The number of benzene rings is 3. The molecule has 0 fully saturated rings. The topological polar surface area (TPSA) is 83.5 Å². The second-order valence-electron chi connectivity index (χ2n) is 8.09. The van der Waals surface area contributed by atoms with Gasteiger partial charge in [0.15, 0.2) is 5.60 Å². The van der Waals surface area contributed by atoms with E-state index >= 15 is 0 Å². The molecular weight excluding hydrogens is 436 g/mol. The first-order valence-electron chi connectivity index (χ1n) is 10.8. The van der Waals surface area contributed by atoms with Gasteiger partial charge < -0.3 is 28.8 Å². The van der Waals surface area contributed by atoms with E-state index in [1.54, 1.807) is 43.5 Å². The maximum atomic E-state index is 13.3. The molecule has 0 aliphatic carbocycles. The van der Waals surface area contributed by atoms with Crippen molar-refractivity contribution in [2.24, 2.45) is 0 Å². The highest BCUT2D eigenvalue weighted by Gasteiger charge is 2.64. The normalized spacial score (nSPS) is 20.9. The minimum Gasteiger partial charge on any atom is -0.497 e. The minimum atomic E-state index is -1.89. The Morgan fingerprint density at radius 3 is 2.15 bits per heavy atom. The van der Waals surface area contributed by atoms with Gasteiger partial charge in [-0.1, -0.05) is 30.3 Å². The van der Waals surface area contributed by atoms with Crippen molar-refractivity contribution in [2.75, 3.05) is 28.4 Å². The van der Waals surface area contributed by atoms with Crippen molar-refractivity contribution < 1.29 is 33.6 Å². The predicted octanol–water partition coefficient (Wildman–Crippen LogP) is 3.99. The summed E-state index contributed by atoms with van der Waals surface area (Å²) >= 11 is 0. The van der Waals surface area contributed by atoms with Gasteiger partial charge in [-0.25, -0.2) is 0 Å². The molecule has 7 heteroatoms. The Morgan fingerprint density at radius 2 is 1.56 bits per heavy atom. The molecule has 2 unspecified atom stereocenters. The molecule has 2 atom stereocenters. The van der Waals surface area contributed by atoms with Gasteiger partial charge in [0.1, 0.15) is 28.8 Å². The van der Waals surface area contributed by atoms with E-state index in [2.05, 4.69) is 0 Å². The molecule has 34 heavy (non-hydrogen) atoms. The fourth-order valence-electron chi connectivity index (χ4n) is 4.55. The summed E-state index contributed by atoms with van der Waals surface area (Å²) in [4.78, 5) is 13.3. The summed E-state index contributed by atoms with van der Waals surface area (Å²) in [5, 5.41) is 12.3. The van der Waals surface area contributed by atoms with Crippen molar-refractivity contribution in [3.63, 3.8) is 0 Å². The summed E-state index contributed by atoms with van der Waals surface area (Å²) in [5.74, 6) is -0.143. The molecule has 0 saturated carbocycles. The van der Waals surface area contributed by atoms with Crippen LogP contribution in [0, 0.1) is 0 Å². The molecule has 3 aromatic rings. The summed E-state index contributed by atoms with van der Waals surface area (Å²) in [6.07, 6.45) is -0.114. The molecule has 0 saturated heterocycles. The quantitative estimate of drug-likeness (QED) is 0.513. The molecule has 1 aliphatic heterocycles. The molecule has 3 aromatic carbocycles. The van der Waals surface area contributed by atoms with Crippen LogP contribution in [0.2, 0.25) is 0 Å². The van der Waals surface area contributed by atoms with Crippen LogP contribution in [-0.4, -0.2) is 39.3 Å². The number of fused-ring (bicyclic) bond motifs is 1. The van der Waals surface area contributed by atoms with Crippen LogP contribution in [0.5, 0.6) is 23.0 Å². The van der Waals surface area contributed by atoms with E-state index < -0.39 is 11.4 Å². The Hall–Kier alpha value is -3.55. The van der Waals surface area contributed by atoms with E-state index in [4.69, 9.17) is 23.7 Å². The van der Waals surface area contributed by atoms with E-state index in [1.165, 1.54) is 21.3 Å². The fourth-order valence-corrected chi connectivity index (χ4v) is 4.55. The summed E-state index contributed by atoms with van der Waals surface area (Å²) < 4.78 is 28.5. The SMILES string of the molecule is COc1ccc(C2(OC)Oc3cc(OC)cc(OC)c3C2(O)CC(=O)Cc2ccccc2)cc1. The molecule has 1 N–H and O–H groups in total. The summed E-state index contributed by atoms with van der Waals surface area (Å²) in [6, 6.07) is 19.6. The molecule has 0 radical (unpaired) electrons. The van der Waals surface area contributed by atoms with Crippen LogP contribution >= 0.6 is 0 Å². The lowest BCUT2D eigenvalue weighted by atomic mass is 9.78. The van der Waals surface area contributed by atoms with E-state index in [0.717, 1.165) is 5.56 Å². The maximum Gasteiger partial charge on any atom is 0.271 e. The Kier molecular flexibility index (Phi) is 6.50. The number of methoxy groups -OCH3 is 4. The Labute approximate surface area is 198 Å². The average molecular weight is 465 g/mol. The number of carbonyl (C=O) groups excluding carboxylic acids is 1. The van der Waals surface area contributed by atoms with Crippen molar-refractivity contribution in [3.05, 3.63) is 83.4 Å². The molecule has 1 heterocycles. The second kappa shape index (κ2) is 9.37. The van der Waals surface area contributed by atoms with Gasteiger partial charge in [-0.3, -0.25) is 4.79 Å². The number of Topliss-reactive ketones (excluding diaryl/α,β-unsaturated/α-hetero) is 1. The summed E-state index contributed by atoms with van der Waals surface area (Å²) in [6.45, 7) is 0. The van der Waals surface area contributed by atoms with Crippen LogP contribution in [0.25, 0.3) is 0 Å². The molecule has 0 amide bonds. The number of hydrogen-bond donors (Lipinski definition) is 1. The third-order valence-electron chi connectivity index (χ3n) is 6.16. The van der Waals surface area contributed by atoms with Crippen LogP contribution in [0.4, 0.5) is 0 Å². The number of ketones is 1. The van der Waals surface area contributed by atoms with Crippen LogP contribution in [-0.2, 0) is 27.3 Å². The highest BCUT2D eigenvalue weighted by molar-refractivity contribution is 5.83. The monoisotopic (exact) mass is 464 g/mol. The summed E-state index contributed by atoms with van der Waals surface area (Å²) in [5.41, 5.74) is -0.197. The molecule has 4 rings (SSSR count). The number of hydrogen-bond acceptors (Lipinski definition) is 7. The lowest BCUT2D eigenvalue weighted by Crippen LogP contribution is -2.51.